The molecule has 1 amide bonds. The van der Waals surface area contributed by atoms with Crippen LogP contribution in [0.4, 0.5) is 0 Å². The first-order valence-electron chi connectivity index (χ1n) is 7.72. The maximum Gasteiger partial charge on any atom is 0.270 e. The predicted molar refractivity (Wildman–Crippen MR) is 87.5 cm³/mol. The molecule has 0 bridgehead atoms. The molecule has 116 valence electrons. The van der Waals surface area contributed by atoms with Crippen molar-refractivity contribution in [2.24, 2.45) is 11.8 Å². The summed E-state index contributed by atoms with van der Waals surface area (Å²) in [6.45, 7) is 11.6. The van der Waals surface area contributed by atoms with Gasteiger partial charge >= 0.3 is 0 Å². The van der Waals surface area contributed by atoms with Gasteiger partial charge in [-0.1, -0.05) is 0 Å². The lowest BCUT2D eigenvalue weighted by Crippen LogP contribution is -2.48. The Morgan fingerprint density at radius 1 is 1.43 bits per heavy atom. The Morgan fingerprint density at radius 2 is 2.14 bits per heavy atom. The Hall–Kier alpha value is -0.810. The van der Waals surface area contributed by atoms with Gasteiger partial charge in [0.15, 0.2) is 0 Å². The van der Waals surface area contributed by atoms with Crippen LogP contribution in [0.25, 0.3) is 0 Å². The Labute approximate surface area is 135 Å². The number of nitrogens with zero attached hydrogens (tertiary/aromatic N) is 2. The van der Waals surface area contributed by atoms with E-state index in [1.807, 2.05) is 12.3 Å². The molecule has 2 fully saturated rings. The zero-order valence-corrected chi connectivity index (χ0v) is 14.8. The van der Waals surface area contributed by atoms with Crippen molar-refractivity contribution in [2.45, 2.75) is 39.3 Å². The van der Waals surface area contributed by atoms with Gasteiger partial charge in [0.2, 0.25) is 0 Å². The van der Waals surface area contributed by atoms with E-state index in [2.05, 4.69) is 58.4 Å². The van der Waals surface area contributed by atoms with Gasteiger partial charge in [-0.05, 0) is 61.5 Å². The quantitative estimate of drug-likeness (QED) is 0.887. The van der Waals surface area contributed by atoms with Gasteiger partial charge in [-0.3, -0.25) is 4.79 Å². The maximum atomic E-state index is 13.1. The predicted octanol–water partition coefficient (Wildman–Crippen LogP) is 2.90. The van der Waals surface area contributed by atoms with Crippen molar-refractivity contribution < 1.29 is 4.79 Å². The highest BCUT2D eigenvalue weighted by atomic mass is 79.9. The number of aromatic nitrogens is 1. The second-order valence-corrected chi connectivity index (χ2v) is 8.05. The number of hydrogen-bond acceptors (Lipinski definition) is 2. The monoisotopic (exact) mass is 353 g/mol. The first-order chi connectivity index (χ1) is 9.82. The van der Waals surface area contributed by atoms with Crippen molar-refractivity contribution in [3.63, 3.8) is 0 Å². The Kier molecular flexibility index (Phi) is 3.69. The molecule has 0 saturated carbocycles. The first-order valence-corrected chi connectivity index (χ1v) is 8.51. The van der Waals surface area contributed by atoms with Crippen molar-refractivity contribution in [3.8, 4) is 0 Å². The van der Waals surface area contributed by atoms with Crippen molar-refractivity contribution in [3.05, 3.63) is 22.4 Å². The highest BCUT2D eigenvalue weighted by molar-refractivity contribution is 9.10. The smallest absolute Gasteiger partial charge is 0.270 e. The summed E-state index contributed by atoms with van der Waals surface area (Å²) in [4.78, 5) is 15.2. The molecule has 3 heterocycles. The molecular weight excluding hydrogens is 330 g/mol. The second kappa shape index (κ2) is 5.13. The summed E-state index contributed by atoms with van der Waals surface area (Å²) in [6, 6.07) is 2.23. The molecule has 2 atom stereocenters. The number of halogens is 1. The third-order valence-electron chi connectivity index (χ3n) is 5.20. The molecule has 1 aromatic heterocycles. The molecule has 0 aromatic carbocycles. The average Bonchev–Trinajstić information content (AvgIpc) is 3.05. The van der Waals surface area contributed by atoms with Crippen molar-refractivity contribution >= 4 is 21.8 Å². The fraction of sp³-hybridized carbons (Fsp3) is 0.688. The molecule has 1 aromatic rings. The van der Waals surface area contributed by atoms with E-state index in [9.17, 15) is 4.79 Å². The van der Waals surface area contributed by atoms with Gasteiger partial charge in [0.05, 0.1) is 0 Å². The lowest BCUT2D eigenvalue weighted by atomic mass is 9.85. The number of hydrogen-bond donors (Lipinski definition) is 1. The molecule has 2 aliphatic rings. The first kappa shape index (κ1) is 15.1. The molecule has 2 unspecified atom stereocenters. The fourth-order valence-corrected chi connectivity index (χ4v) is 4.39. The second-order valence-electron chi connectivity index (χ2n) is 7.14. The van der Waals surface area contributed by atoms with Gasteiger partial charge in [-0.15, -0.1) is 0 Å². The SMILES string of the molecule is CC(C)n1cc(Br)cc1C(=O)N1CC2CNCC2C1(C)C. The van der Waals surface area contributed by atoms with E-state index in [4.69, 9.17) is 0 Å². The minimum absolute atomic E-state index is 0.0796. The zero-order chi connectivity index (χ0) is 15.4. The molecule has 2 aliphatic heterocycles. The molecule has 4 nitrogen and oxygen atoms in total. The molecule has 0 spiro atoms. The van der Waals surface area contributed by atoms with Gasteiger partial charge in [-0.2, -0.15) is 0 Å². The van der Waals surface area contributed by atoms with Crippen LogP contribution in [0.15, 0.2) is 16.7 Å². The Balaban J connectivity index is 1.93. The van der Waals surface area contributed by atoms with E-state index in [1.54, 1.807) is 0 Å². The van der Waals surface area contributed by atoms with Crippen LogP contribution in [-0.2, 0) is 0 Å². The van der Waals surface area contributed by atoms with Crippen LogP contribution in [0.3, 0.4) is 0 Å². The van der Waals surface area contributed by atoms with E-state index in [0.29, 0.717) is 11.8 Å². The molecule has 5 heteroatoms. The summed E-state index contributed by atoms with van der Waals surface area (Å²) < 4.78 is 3.04. The number of nitrogens with one attached hydrogen (secondary N) is 1. The van der Waals surface area contributed by atoms with Crippen LogP contribution in [0.5, 0.6) is 0 Å². The highest BCUT2D eigenvalue weighted by Gasteiger charge is 2.51. The topological polar surface area (TPSA) is 37.3 Å². The summed E-state index contributed by atoms with van der Waals surface area (Å²) in [5, 5.41) is 3.46. The molecule has 3 rings (SSSR count). The molecule has 21 heavy (non-hydrogen) atoms. The van der Waals surface area contributed by atoms with E-state index < -0.39 is 0 Å². The standard InChI is InChI=1S/C16H24BrN3O/c1-10(2)19-9-12(17)5-14(19)15(21)20-8-11-6-18-7-13(11)16(20,3)4/h5,9-11,13,18H,6-8H2,1-4H3. The van der Waals surface area contributed by atoms with E-state index in [-0.39, 0.29) is 17.5 Å². The maximum absolute atomic E-state index is 13.1. The van der Waals surface area contributed by atoms with E-state index in [0.717, 1.165) is 29.8 Å². The largest absolute Gasteiger partial charge is 0.340 e. The lowest BCUT2D eigenvalue weighted by molar-refractivity contribution is 0.0590. The van der Waals surface area contributed by atoms with Crippen molar-refractivity contribution in [1.29, 1.82) is 0 Å². The number of fused-ring (bicyclic) bond motifs is 1. The van der Waals surface area contributed by atoms with Gasteiger partial charge in [0, 0.05) is 41.9 Å². The summed E-state index contributed by atoms with van der Waals surface area (Å²) in [5.74, 6) is 1.32. The van der Waals surface area contributed by atoms with Gasteiger partial charge in [0.25, 0.3) is 5.91 Å². The number of carbonyl (C=O) groups excluding carboxylic acids is 1. The summed E-state index contributed by atoms with van der Waals surface area (Å²) in [7, 11) is 0. The normalized spacial score (nSPS) is 27.4. The molecule has 0 aliphatic carbocycles. The van der Waals surface area contributed by atoms with E-state index >= 15 is 0 Å². The lowest BCUT2D eigenvalue weighted by Gasteiger charge is -2.36. The number of rotatable bonds is 2. The third kappa shape index (κ3) is 2.34. The Bertz CT molecular complexity index is 564. The summed E-state index contributed by atoms with van der Waals surface area (Å²) in [6.07, 6.45) is 2.00. The highest BCUT2D eigenvalue weighted by Crippen LogP contribution is 2.41. The van der Waals surface area contributed by atoms with Crippen LogP contribution in [0, 0.1) is 11.8 Å². The Morgan fingerprint density at radius 3 is 2.76 bits per heavy atom. The van der Waals surface area contributed by atoms with Gasteiger partial charge in [0.1, 0.15) is 5.69 Å². The third-order valence-corrected chi connectivity index (χ3v) is 5.63. The van der Waals surface area contributed by atoms with Gasteiger partial charge in [-0.25, -0.2) is 0 Å². The van der Waals surface area contributed by atoms with E-state index in [1.165, 1.54) is 0 Å². The number of amides is 1. The molecule has 2 saturated heterocycles. The number of carbonyl (C=O) groups is 1. The van der Waals surface area contributed by atoms with Crippen molar-refractivity contribution in [1.82, 2.24) is 14.8 Å². The molecule has 0 radical (unpaired) electrons. The number of likely N-dealkylation sites (tertiary alicyclic amines) is 1. The minimum atomic E-state index is -0.0796. The van der Waals surface area contributed by atoms with Crippen LogP contribution >= 0.6 is 15.9 Å². The van der Waals surface area contributed by atoms with Crippen LogP contribution in [-0.4, -0.2) is 40.5 Å². The van der Waals surface area contributed by atoms with Gasteiger partial charge < -0.3 is 14.8 Å². The minimum Gasteiger partial charge on any atom is -0.340 e. The van der Waals surface area contributed by atoms with Crippen molar-refractivity contribution in [2.75, 3.05) is 19.6 Å². The summed E-state index contributed by atoms with van der Waals surface area (Å²) >= 11 is 3.50. The average molecular weight is 354 g/mol. The fourth-order valence-electron chi connectivity index (χ4n) is 3.95. The molecule has 1 N–H and O–H groups in total. The van der Waals surface area contributed by atoms with Crippen LogP contribution < -0.4 is 5.32 Å². The van der Waals surface area contributed by atoms with Crippen LogP contribution in [0.2, 0.25) is 0 Å². The summed E-state index contributed by atoms with van der Waals surface area (Å²) in [5.41, 5.74) is 0.710. The zero-order valence-electron chi connectivity index (χ0n) is 13.2. The van der Waals surface area contributed by atoms with Crippen LogP contribution in [0.1, 0.15) is 44.2 Å². The molecular formula is C16H24BrN3O.